The van der Waals surface area contributed by atoms with Gasteiger partial charge in [-0.1, -0.05) is 6.07 Å². The summed E-state index contributed by atoms with van der Waals surface area (Å²) in [4.78, 5) is 4.00. The molecule has 2 nitrogen and oxygen atoms in total. The molecule has 12 heavy (non-hydrogen) atoms. The topological polar surface area (TPSA) is 22.1 Å². The molecule has 0 aromatic carbocycles. The van der Waals surface area contributed by atoms with Crippen molar-refractivity contribution in [2.24, 2.45) is 0 Å². The zero-order chi connectivity index (χ0) is 8.81. The van der Waals surface area contributed by atoms with Crippen LogP contribution in [-0.2, 0) is 0 Å². The molecule has 0 fully saturated rings. The average molecular weight is 187 g/mol. The van der Waals surface area contributed by atoms with E-state index in [-0.39, 0.29) is 12.1 Å². The second kappa shape index (κ2) is 4.98. The van der Waals surface area contributed by atoms with Gasteiger partial charge in [-0.25, -0.2) is 4.98 Å². The molecule has 0 bridgehead atoms. The van der Waals surface area contributed by atoms with Crippen LogP contribution in [0.5, 0.6) is 5.88 Å². The van der Waals surface area contributed by atoms with Crippen LogP contribution in [0.25, 0.3) is 0 Å². The molecule has 1 rings (SSSR count). The van der Waals surface area contributed by atoms with Gasteiger partial charge in [0, 0.05) is 24.4 Å². The van der Waals surface area contributed by atoms with Crippen LogP contribution in [0, 0.1) is 6.92 Å². The Labute approximate surface area is 75.4 Å². The largest absolute Gasteiger partial charge is 0.477 e. The van der Waals surface area contributed by atoms with Crippen LogP contribution >= 0.6 is 12.1 Å². The highest BCUT2D eigenvalue weighted by molar-refractivity contribution is 7.94. The molecule has 0 radical (unpaired) electrons. The number of hydrogen-bond acceptors (Lipinski definition) is 3. The number of hydrogen-bond donors (Lipinski definition) is 0. The summed E-state index contributed by atoms with van der Waals surface area (Å²) in [6.45, 7) is 2.31. The maximum Gasteiger partial charge on any atom is 0.213 e. The van der Waals surface area contributed by atoms with Crippen LogP contribution in [0.4, 0.5) is 3.89 Å². The minimum absolute atomic E-state index is 0.271. The Balaban J connectivity index is 2.37. The first-order chi connectivity index (χ1) is 5.83. The number of ether oxygens (including phenoxy) is 1. The lowest BCUT2D eigenvalue weighted by Crippen LogP contribution is -2.00. The van der Waals surface area contributed by atoms with E-state index in [2.05, 4.69) is 4.98 Å². The molecular formula is C8H10FNOS. The molecule has 1 aromatic rings. The smallest absolute Gasteiger partial charge is 0.213 e. The fourth-order valence-corrected chi connectivity index (χ4v) is 0.864. The van der Waals surface area contributed by atoms with Crippen molar-refractivity contribution in [3.8, 4) is 5.88 Å². The van der Waals surface area contributed by atoms with Gasteiger partial charge in [-0.2, -0.15) is 3.89 Å². The Bertz CT molecular complexity index is 227. The second-order valence-corrected chi connectivity index (χ2v) is 2.96. The fraction of sp³-hybridized carbons (Fsp3) is 0.375. The third kappa shape index (κ3) is 3.09. The molecule has 0 aliphatic rings. The van der Waals surface area contributed by atoms with Gasteiger partial charge in [-0.05, 0) is 12.5 Å². The van der Waals surface area contributed by atoms with Gasteiger partial charge in [-0.3, -0.25) is 0 Å². The van der Waals surface area contributed by atoms with Crippen molar-refractivity contribution in [3.05, 3.63) is 23.9 Å². The summed E-state index contributed by atoms with van der Waals surface area (Å²) in [6, 6.07) is 3.68. The molecule has 0 aliphatic carbocycles. The molecule has 1 aromatic heterocycles. The standard InChI is InChI=1S/C8H10FNOS/c1-7-2-3-8(10-6-7)11-4-5-12-9/h2-3,6H,4-5H2,1H3. The van der Waals surface area contributed by atoms with Crippen molar-refractivity contribution in [1.82, 2.24) is 4.98 Å². The lowest BCUT2D eigenvalue weighted by molar-refractivity contribution is 0.329. The summed E-state index contributed by atoms with van der Waals surface area (Å²) in [5.41, 5.74) is 1.09. The summed E-state index contributed by atoms with van der Waals surface area (Å²) in [5, 5.41) is 0. The number of halogens is 1. The van der Waals surface area contributed by atoms with Crippen LogP contribution in [-0.4, -0.2) is 17.3 Å². The Hall–Kier alpha value is -0.770. The van der Waals surface area contributed by atoms with Gasteiger partial charge in [0.15, 0.2) is 0 Å². The number of pyridine rings is 1. The van der Waals surface area contributed by atoms with Crippen molar-refractivity contribution in [1.29, 1.82) is 0 Å². The van der Waals surface area contributed by atoms with Crippen LogP contribution in [0.3, 0.4) is 0 Å². The van der Waals surface area contributed by atoms with Crippen LogP contribution in [0.15, 0.2) is 18.3 Å². The number of nitrogens with zero attached hydrogens (tertiary/aromatic N) is 1. The number of aryl methyl sites for hydroxylation is 1. The van der Waals surface area contributed by atoms with E-state index in [9.17, 15) is 3.89 Å². The minimum Gasteiger partial charge on any atom is -0.477 e. The lowest BCUT2D eigenvalue weighted by Gasteiger charge is -2.02. The van der Waals surface area contributed by atoms with E-state index in [0.29, 0.717) is 18.2 Å². The highest BCUT2D eigenvalue weighted by Crippen LogP contribution is 2.07. The van der Waals surface area contributed by atoms with E-state index in [1.807, 2.05) is 13.0 Å². The van der Waals surface area contributed by atoms with E-state index < -0.39 is 0 Å². The Morgan fingerprint density at radius 3 is 3.00 bits per heavy atom. The summed E-state index contributed by atoms with van der Waals surface area (Å²) >= 11 is 0.271. The molecular weight excluding hydrogens is 177 g/mol. The van der Waals surface area contributed by atoms with Crippen molar-refractivity contribution < 1.29 is 8.62 Å². The van der Waals surface area contributed by atoms with E-state index in [4.69, 9.17) is 4.74 Å². The van der Waals surface area contributed by atoms with Gasteiger partial charge in [0.1, 0.15) is 6.61 Å². The molecule has 4 heteroatoms. The Kier molecular flexibility index (Phi) is 3.87. The van der Waals surface area contributed by atoms with Gasteiger partial charge >= 0.3 is 0 Å². The molecule has 0 unspecified atom stereocenters. The van der Waals surface area contributed by atoms with E-state index in [1.54, 1.807) is 12.3 Å². The maximum absolute atomic E-state index is 11.6. The van der Waals surface area contributed by atoms with Crippen LogP contribution in [0.2, 0.25) is 0 Å². The lowest BCUT2D eigenvalue weighted by atomic mass is 10.3. The molecule has 0 saturated carbocycles. The van der Waals surface area contributed by atoms with Gasteiger partial charge in [0.2, 0.25) is 5.88 Å². The van der Waals surface area contributed by atoms with Gasteiger partial charge in [0.25, 0.3) is 0 Å². The molecule has 0 N–H and O–H groups in total. The van der Waals surface area contributed by atoms with E-state index >= 15 is 0 Å². The highest BCUT2D eigenvalue weighted by atomic mass is 32.2. The number of aromatic nitrogens is 1. The minimum atomic E-state index is 0.271. The predicted octanol–water partition coefficient (Wildman–Crippen LogP) is 2.39. The van der Waals surface area contributed by atoms with Crippen LogP contribution in [0.1, 0.15) is 5.56 Å². The SMILES string of the molecule is Cc1ccc(OCCSF)nc1. The third-order valence-corrected chi connectivity index (χ3v) is 1.62. The second-order valence-electron chi connectivity index (χ2n) is 2.34. The monoisotopic (exact) mass is 187 g/mol. The fourth-order valence-electron chi connectivity index (χ4n) is 0.717. The average Bonchev–Trinajstić information content (AvgIpc) is 2.09. The first-order valence-corrected chi connectivity index (χ1v) is 4.50. The molecule has 66 valence electrons. The zero-order valence-corrected chi connectivity index (χ0v) is 7.60. The molecule has 0 saturated heterocycles. The van der Waals surface area contributed by atoms with Crippen molar-refractivity contribution in [3.63, 3.8) is 0 Å². The normalized spacial score (nSPS) is 9.83. The maximum atomic E-state index is 11.6. The molecule has 0 spiro atoms. The van der Waals surface area contributed by atoms with Crippen molar-refractivity contribution in [2.45, 2.75) is 6.92 Å². The molecule has 0 atom stereocenters. The molecule has 1 heterocycles. The summed E-state index contributed by atoms with van der Waals surface area (Å²) in [7, 11) is 0. The van der Waals surface area contributed by atoms with Crippen molar-refractivity contribution >= 4 is 12.1 Å². The van der Waals surface area contributed by atoms with Gasteiger partial charge in [-0.15, -0.1) is 0 Å². The summed E-state index contributed by atoms with van der Waals surface area (Å²) in [5.74, 6) is 0.893. The van der Waals surface area contributed by atoms with Gasteiger partial charge in [0.05, 0.1) is 5.75 Å². The summed E-state index contributed by atoms with van der Waals surface area (Å²) < 4.78 is 16.7. The highest BCUT2D eigenvalue weighted by Gasteiger charge is 1.93. The molecule has 0 amide bonds. The molecule has 0 aliphatic heterocycles. The summed E-state index contributed by atoms with van der Waals surface area (Å²) in [6.07, 6.45) is 1.72. The van der Waals surface area contributed by atoms with E-state index in [0.717, 1.165) is 5.56 Å². The Morgan fingerprint density at radius 1 is 1.58 bits per heavy atom. The predicted molar refractivity (Wildman–Crippen MR) is 48.0 cm³/mol. The van der Waals surface area contributed by atoms with Crippen LogP contribution < -0.4 is 4.74 Å². The number of rotatable bonds is 4. The third-order valence-electron chi connectivity index (χ3n) is 1.29. The van der Waals surface area contributed by atoms with Crippen molar-refractivity contribution in [2.75, 3.05) is 12.4 Å². The Morgan fingerprint density at radius 2 is 2.42 bits per heavy atom. The first-order valence-electron chi connectivity index (χ1n) is 3.62. The zero-order valence-electron chi connectivity index (χ0n) is 6.79. The van der Waals surface area contributed by atoms with Gasteiger partial charge < -0.3 is 4.74 Å². The first kappa shape index (κ1) is 9.32. The quantitative estimate of drug-likeness (QED) is 0.676. The van der Waals surface area contributed by atoms with E-state index in [1.165, 1.54) is 0 Å².